The Morgan fingerprint density at radius 3 is 1.11 bits per heavy atom. The van der Waals surface area contributed by atoms with Gasteiger partial charge in [-0.2, -0.15) is 0 Å². The summed E-state index contributed by atoms with van der Waals surface area (Å²) in [4.78, 5) is 52.1. The second-order valence-corrected chi connectivity index (χ2v) is 12.4. The van der Waals surface area contributed by atoms with E-state index in [1.54, 1.807) is 60.7 Å². The van der Waals surface area contributed by atoms with Gasteiger partial charge in [0.05, 0.1) is 63.3 Å². The third kappa shape index (κ3) is 12.9. The maximum atomic E-state index is 13.2. The average Bonchev–Trinajstić information content (AvgIpc) is 3.17. The van der Waals surface area contributed by atoms with Crippen molar-refractivity contribution >= 4 is 23.9 Å². The van der Waals surface area contributed by atoms with E-state index in [-0.39, 0.29) is 52.9 Å². The van der Waals surface area contributed by atoms with Gasteiger partial charge in [0.25, 0.3) is 0 Å². The van der Waals surface area contributed by atoms with Gasteiger partial charge in [-0.15, -0.1) is 0 Å². The normalized spacial score (nSPS) is 24.9. The summed E-state index contributed by atoms with van der Waals surface area (Å²) in [5.41, 5.74) is 0. The molecule has 3 aliphatic rings. The Kier molecular flexibility index (Phi) is 15.9. The maximum Gasteiger partial charge on any atom is 0.315 e. The van der Waals surface area contributed by atoms with Crippen LogP contribution in [0.4, 0.5) is 0 Å². The first-order chi connectivity index (χ1) is 26.0. The Balaban J connectivity index is 1.18. The molecule has 284 valence electrons. The van der Waals surface area contributed by atoms with Crippen LogP contribution in [0.1, 0.15) is 25.7 Å². The van der Waals surface area contributed by atoms with Crippen LogP contribution in [0.3, 0.4) is 0 Å². The van der Waals surface area contributed by atoms with E-state index in [2.05, 4.69) is 0 Å². The number of hydrogen-bond donors (Lipinski definition) is 0. The predicted molar refractivity (Wildman–Crippen MR) is 189 cm³/mol. The zero-order chi connectivity index (χ0) is 37.1. The molecule has 0 fully saturated rings. The second kappa shape index (κ2) is 21.5. The molecule has 2 aromatic rings. The zero-order valence-electron chi connectivity index (χ0n) is 29.6. The van der Waals surface area contributed by atoms with Gasteiger partial charge < -0.3 is 42.6 Å². The number of fused-ring (bicyclic) bond motifs is 6. The number of rotatable bonds is 0. The molecule has 2 aromatic carbocycles. The molecule has 0 N–H and O–H groups in total. The Labute approximate surface area is 308 Å². The first-order valence-corrected chi connectivity index (χ1v) is 17.9. The molecule has 0 aromatic heterocycles. The van der Waals surface area contributed by atoms with Gasteiger partial charge in [-0.3, -0.25) is 19.2 Å². The first kappa shape index (κ1) is 39.2. The minimum absolute atomic E-state index is 0.0364. The van der Waals surface area contributed by atoms with Gasteiger partial charge in [-0.05, 0) is 62.1 Å². The van der Waals surface area contributed by atoms with Crippen molar-refractivity contribution in [2.75, 3.05) is 66.1 Å². The molecule has 0 saturated heterocycles. The minimum atomic E-state index is -0.690. The van der Waals surface area contributed by atoms with Crippen LogP contribution in [-0.4, -0.2) is 89.9 Å². The van der Waals surface area contributed by atoms with Gasteiger partial charge in [0.2, 0.25) is 0 Å². The summed E-state index contributed by atoms with van der Waals surface area (Å²) in [7, 11) is 0. The fraction of sp³-hybridized carbons (Fsp3) is 0.450. The molecule has 13 heteroatoms. The molecule has 0 radical (unpaired) electrons. The van der Waals surface area contributed by atoms with Crippen LogP contribution in [0, 0.1) is 23.7 Å². The molecule has 0 saturated carbocycles. The van der Waals surface area contributed by atoms with Crippen molar-refractivity contribution in [2.24, 2.45) is 23.7 Å². The number of benzene rings is 2. The van der Waals surface area contributed by atoms with Crippen molar-refractivity contribution in [3.63, 3.8) is 0 Å². The lowest BCUT2D eigenvalue weighted by Crippen LogP contribution is -2.35. The number of carbonyl (C=O) groups excluding carboxylic acids is 4. The van der Waals surface area contributed by atoms with Gasteiger partial charge in [-0.1, -0.05) is 36.4 Å². The fourth-order valence-electron chi connectivity index (χ4n) is 5.89. The average molecular weight is 735 g/mol. The van der Waals surface area contributed by atoms with Gasteiger partial charge in [0.1, 0.15) is 49.4 Å². The summed E-state index contributed by atoms with van der Waals surface area (Å²) in [6.07, 6.45) is 12.5. The van der Waals surface area contributed by atoms with Gasteiger partial charge in [0.15, 0.2) is 0 Å². The van der Waals surface area contributed by atoms with Crippen LogP contribution in [0.15, 0.2) is 85.0 Å². The topological polar surface area (TPSA) is 151 Å². The van der Waals surface area contributed by atoms with Crippen molar-refractivity contribution in [1.29, 1.82) is 0 Å². The molecule has 0 unspecified atom stereocenters. The molecule has 5 rings (SSSR count). The van der Waals surface area contributed by atoms with E-state index >= 15 is 0 Å². The van der Waals surface area contributed by atoms with Crippen LogP contribution in [-0.2, 0) is 42.9 Å². The summed E-state index contributed by atoms with van der Waals surface area (Å²) in [5, 5.41) is 0. The standard InChI is InChI=1S/C40H46O13/c41-37-33-13-1-3-15-35(33)39(43)52-31-11-7-9-29(27-31)48-17-5-6-18-49-30-10-8-12-32(28-30)53-40(44)36-16-4-2-14-34(36)38(42)51-26-24-47-22-20-45-19-21-46-23-25-50-37/h1-12,27-28,33-36H,13-26H2/t33-,34+,35+,36-. The molecule has 1 aliphatic heterocycles. The molecule has 2 aliphatic carbocycles. The third-order valence-corrected chi connectivity index (χ3v) is 8.67. The monoisotopic (exact) mass is 734 g/mol. The van der Waals surface area contributed by atoms with E-state index in [9.17, 15) is 19.2 Å². The highest BCUT2D eigenvalue weighted by Crippen LogP contribution is 2.31. The number of hydrogen-bond acceptors (Lipinski definition) is 13. The second-order valence-electron chi connectivity index (χ2n) is 12.4. The molecule has 4 bridgehead atoms. The van der Waals surface area contributed by atoms with Crippen molar-refractivity contribution in [3.8, 4) is 23.0 Å². The highest BCUT2D eigenvalue weighted by atomic mass is 16.6. The van der Waals surface area contributed by atoms with E-state index in [0.29, 0.717) is 61.9 Å². The molecule has 0 spiro atoms. The number of allylic oxidation sites excluding steroid dienone is 4. The van der Waals surface area contributed by atoms with Gasteiger partial charge >= 0.3 is 23.9 Å². The van der Waals surface area contributed by atoms with E-state index in [4.69, 9.17) is 42.6 Å². The zero-order valence-corrected chi connectivity index (χ0v) is 29.6. The van der Waals surface area contributed by atoms with Crippen LogP contribution in [0.2, 0.25) is 0 Å². The third-order valence-electron chi connectivity index (χ3n) is 8.67. The van der Waals surface area contributed by atoms with Crippen LogP contribution in [0.25, 0.3) is 0 Å². The quantitative estimate of drug-likeness (QED) is 0.207. The van der Waals surface area contributed by atoms with Gasteiger partial charge in [-0.25, -0.2) is 0 Å². The van der Waals surface area contributed by atoms with Crippen LogP contribution < -0.4 is 18.9 Å². The Hall–Kier alpha value is -4.98. The molecule has 1 heterocycles. The molecule has 0 amide bonds. The molecule has 13 nitrogen and oxygen atoms in total. The SMILES string of the molecule is O=C1Oc2cccc(c2)OCC=CCOc2cccc(c2)OC(=O)[C@@H]2CC=CC[C@@H]2C(=O)OCCOCCOCCOCCOC(=O)[C@@H]2CC=CC[C@H]12. The first-order valence-electron chi connectivity index (χ1n) is 17.9. The van der Waals surface area contributed by atoms with Crippen LogP contribution >= 0.6 is 0 Å². The number of carbonyl (C=O) groups is 4. The van der Waals surface area contributed by atoms with Crippen molar-refractivity contribution in [3.05, 3.63) is 85.0 Å². The molecular formula is C40H46O13. The number of cyclic esters (lactones) is 2. The van der Waals surface area contributed by atoms with E-state index < -0.39 is 47.5 Å². The molecule has 53 heavy (non-hydrogen) atoms. The highest BCUT2D eigenvalue weighted by molar-refractivity contribution is 5.84. The summed E-state index contributed by atoms with van der Waals surface area (Å²) in [5.74, 6) is -3.15. The lowest BCUT2D eigenvalue weighted by atomic mass is 9.83. The van der Waals surface area contributed by atoms with Crippen molar-refractivity contribution in [2.45, 2.75) is 25.7 Å². The summed E-state index contributed by atoms with van der Waals surface area (Å²) in [6, 6.07) is 13.4. The Bertz CT molecular complexity index is 1480. The smallest absolute Gasteiger partial charge is 0.315 e. The van der Waals surface area contributed by atoms with Crippen LogP contribution in [0.5, 0.6) is 23.0 Å². The number of esters is 4. The lowest BCUT2D eigenvalue weighted by Gasteiger charge is -2.25. The predicted octanol–water partition coefficient (Wildman–Crippen LogP) is 4.83. The molecule has 4 atom stereocenters. The summed E-state index contributed by atoms with van der Waals surface area (Å²) >= 11 is 0. The Morgan fingerprint density at radius 2 is 0.717 bits per heavy atom. The van der Waals surface area contributed by atoms with E-state index in [0.717, 1.165) is 0 Å². The fourth-order valence-corrected chi connectivity index (χ4v) is 5.89. The lowest BCUT2D eigenvalue weighted by molar-refractivity contribution is -0.158. The summed E-state index contributed by atoms with van der Waals surface area (Å²) < 4.78 is 50.3. The van der Waals surface area contributed by atoms with Crippen molar-refractivity contribution < 1.29 is 61.8 Å². The summed E-state index contributed by atoms with van der Waals surface area (Å²) in [6.45, 7) is 2.05. The largest absolute Gasteiger partial charge is 0.489 e. The minimum Gasteiger partial charge on any atom is -0.489 e. The highest BCUT2D eigenvalue weighted by Gasteiger charge is 2.37. The van der Waals surface area contributed by atoms with Crippen molar-refractivity contribution in [1.82, 2.24) is 0 Å². The Morgan fingerprint density at radius 1 is 0.377 bits per heavy atom. The maximum absolute atomic E-state index is 13.2. The van der Waals surface area contributed by atoms with Gasteiger partial charge in [0, 0.05) is 12.1 Å². The van der Waals surface area contributed by atoms with E-state index in [1.165, 1.54) is 0 Å². The molecular weight excluding hydrogens is 688 g/mol. The van der Waals surface area contributed by atoms with E-state index in [1.807, 2.05) is 24.3 Å². The number of ether oxygens (including phenoxy) is 9.